The molecule has 0 N–H and O–H groups in total. The van der Waals surface area contributed by atoms with E-state index in [4.69, 9.17) is 14.2 Å². The Morgan fingerprint density at radius 3 is 2.19 bits per heavy atom. The van der Waals surface area contributed by atoms with E-state index in [9.17, 15) is 9.59 Å². The predicted octanol–water partition coefficient (Wildman–Crippen LogP) is 2.51. The van der Waals surface area contributed by atoms with Crippen LogP contribution in [0.5, 0.6) is 5.75 Å². The van der Waals surface area contributed by atoms with Crippen LogP contribution in [0.1, 0.15) is 32.3 Å². The smallest absolute Gasteiger partial charge is 0.310 e. The lowest BCUT2D eigenvalue weighted by molar-refractivity contribution is -0.143. The van der Waals surface area contributed by atoms with Gasteiger partial charge in [0.05, 0.1) is 26.2 Å². The summed E-state index contributed by atoms with van der Waals surface area (Å²) in [6, 6.07) is 7.27. The van der Waals surface area contributed by atoms with Crippen LogP contribution in [0.2, 0.25) is 0 Å². The number of hydrogen-bond donors (Lipinski definition) is 0. The quantitative estimate of drug-likeness (QED) is 0.517. The van der Waals surface area contributed by atoms with Gasteiger partial charge in [0, 0.05) is 6.42 Å². The largest absolute Gasteiger partial charge is 0.494 e. The SMILES string of the molecule is CCOC(=O)CCCOc1ccc(CC(=O)OCC)cc1. The first kappa shape index (κ1) is 17.0. The number of carbonyl (C=O) groups is 2. The highest BCUT2D eigenvalue weighted by molar-refractivity contribution is 5.72. The summed E-state index contributed by atoms with van der Waals surface area (Å²) in [6.07, 6.45) is 1.23. The van der Waals surface area contributed by atoms with Crippen LogP contribution in [-0.4, -0.2) is 31.8 Å². The monoisotopic (exact) mass is 294 g/mol. The lowest BCUT2D eigenvalue weighted by Crippen LogP contribution is -2.08. The molecule has 1 rings (SSSR count). The molecular formula is C16H22O5. The minimum atomic E-state index is -0.236. The fraction of sp³-hybridized carbons (Fsp3) is 0.500. The van der Waals surface area contributed by atoms with E-state index in [1.54, 1.807) is 26.0 Å². The molecule has 0 aliphatic heterocycles. The maximum absolute atomic E-state index is 11.3. The van der Waals surface area contributed by atoms with E-state index in [1.165, 1.54) is 0 Å². The molecule has 21 heavy (non-hydrogen) atoms. The number of benzene rings is 1. The number of ether oxygens (including phenoxy) is 3. The lowest BCUT2D eigenvalue weighted by Gasteiger charge is -2.07. The Bertz CT molecular complexity index is 438. The van der Waals surface area contributed by atoms with Crippen molar-refractivity contribution >= 4 is 11.9 Å². The van der Waals surface area contributed by atoms with Crippen LogP contribution in [0.25, 0.3) is 0 Å². The molecule has 0 amide bonds. The lowest BCUT2D eigenvalue weighted by atomic mass is 10.1. The molecule has 0 aromatic heterocycles. The molecule has 0 radical (unpaired) electrons. The zero-order valence-electron chi connectivity index (χ0n) is 12.6. The summed E-state index contributed by atoms with van der Waals surface area (Å²) < 4.78 is 15.2. The van der Waals surface area contributed by atoms with E-state index in [2.05, 4.69) is 0 Å². The van der Waals surface area contributed by atoms with Gasteiger partial charge in [0.2, 0.25) is 0 Å². The molecule has 116 valence electrons. The normalized spacial score (nSPS) is 10.0. The molecule has 0 heterocycles. The maximum atomic E-state index is 11.3. The van der Waals surface area contributed by atoms with Gasteiger partial charge in [-0.3, -0.25) is 9.59 Å². The third-order valence-electron chi connectivity index (χ3n) is 2.68. The van der Waals surface area contributed by atoms with Crippen molar-refractivity contribution in [2.24, 2.45) is 0 Å². The Balaban J connectivity index is 2.28. The Morgan fingerprint density at radius 2 is 1.57 bits per heavy atom. The number of esters is 2. The fourth-order valence-electron chi connectivity index (χ4n) is 1.72. The second kappa shape index (κ2) is 9.80. The molecule has 1 aromatic carbocycles. The Kier molecular flexibility index (Phi) is 7.94. The number of hydrogen-bond acceptors (Lipinski definition) is 5. The summed E-state index contributed by atoms with van der Waals surface area (Å²) in [4.78, 5) is 22.5. The Hall–Kier alpha value is -2.04. The van der Waals surface area contributed by atoms with Gasteiger partial charge in [-0.05, 0) is 38.0 Å². The average molecular weight is 294 g/mol. The minimum absolute atomic E-state index is 0.203. The molecule has 0 saturated heterocycles. The van der Waals surface area contributed by atoms with Gasteiger partial charge in [-0.25, -0.2) is 0 Å². The van der Waals surface area contributed by atoms with Crippen molar-refractivity contribution in [2.45, 2.75) is 33.1 Å². The van der Waals surface area contributed by atoms with Gasteiger partial charge in [0.25, 0.3) is 0 Å². The van der Waals surface area contributed by atoms with Gasteiger partial charge >= 0.3 is 11.9 Å². The summed E-state index contributed by atoms with van der Waals surface area (Å²) in [5.41, 5.74) is 0.882. The van der Waals surface area contributed by atoms with Crippen molar-refractivity contribution in [1.29, 1.82) is 0 Å². The van der Waals surface area contributed by atoms with Gasteiger partial charge in [-0.2, -0.15) is 0 Å². The highest BCUT2D eigenvalue weighted by atomic mass is 16.5. The fourth-order valence-corrected chi connectivity index (χ4v) is 1.72. The second-order valence-corrected chi connectivity index (χ2v) is 4.38. The van der Waals surface area contributed by atoms with Crippen LogP contribution >= 0.6 is 0 Å². The first-order valence-corrected chi connectivity index (χ1v) is 7.18. The zero-order chi connectivity index (χ0) is 15.5. The van der Waals surface area contributed by atoms with Crippen LogP contribution in [-0.2, 0) is 25.5 Å². The van der Waals surface area contributed by atoms with E-state index in [0.29, 0.717) is 38.4 Å². The van der Waals surface area contributed by atoms with Crippen molar-refractivity contribution in [3.8, 4) is 5.75 Å². The van der Waals surface area contributed by atoms with Gasteiger partial charge in [-0.15, -0.1) is 0 Å². The van der Waals surface area contributed by atoms with Crippen LogP contribution in [0.4, 0.5) is 0 Å². The van der Waals surface area contributed by atoms with Gasteiger partial charge in [0.15, 0.2) is 0 Å². The molecule has 0 saturated carbocycles. The molecule has 0 atom stereocenters. The number of carbonyl (C=O) groups excluding carboxylic acids is 2. The Labute approximate surface area is 125 Å². The molecule has 0 aliphatic rings. The molecule has 1 aromatic rings. The third-order valence-corrected chi connectivity index (χ3v) is 2.68. The van der Waals surface area contributed by atoms with Crippen molar-refractivity contribution < 1.29 is 23.8 Å². The first-order valence-electron chi connectivity index (χ1n) is 7.18. The van der Waals surface area contributed by atoms with E-state index < -0.39 is 0 Å². The van der Waals surface area contributed by atoms with Crippen molar-refractivity contribution in [2.75, 3.05) is 19.8 Å². The summed E-state index contributed by atoms with van der Waals surface area (Å²) >= 11 is 0. The summed E-state index contributed by atoms with van der Waals surface area (Å²) in [7, 11) is 0. The van der Waals surface area contributed by atoms with E-state index in [1.807, 2.05) is 12.1 Å². The maximum Gasteiger partial charge on any atom is 0.310 e. The van der Waals surface area contributed by atoms with Gasteiger partial charge < -0.3 is 14.2 Å². The summed E-state index contributed by atoms with van der Waals surface area (Å²) in [5.74, 6) is 0.276. The van der Waals surface area contributed by atoms with Crippen molar-refractivity contribution in [3.63, 3.8) is 0 Å². The number of rotatable bonds is 9. The van der Waals surface area contributed by atoms with Gasteiger partial charge in [0.1, 0.15) is 5.75 Å². The Morgan fingerprint density at radius 1 is 0.952 bits per heavy atom. The molecule has 5 nitrogen and oxygen atoms in total. The van der Waals surface area contributed by atoms with E-state index in [0.717, 1.165) is 5.56 Å². The second-order valence-electron chi connectivity index (χ2n) is 4.38. The standard InChI is InChI=1S/C16H22O5/c1-3-19-15(17)6-5-11-21-14-9-7-13(8-10-14)12-16(18)20-4-2/h7-10H,3-6,11-12H2,1-2H3. The predicted molar refractivity (Wildman–Crippen MR) is 78.1 cm³/mol. The topological polar surface area (TPSA) is 61.8 Å². The molecule has 0 unspecified atom stereocenters. The molecule has 0 spiro atoms. The molecule has 0 fully saturated rings. The molecule has 0 bridgehead atoms. The molecule has 5 heteroatoms. The van der Waals surface area contributed by atoms with Crippen LogP contribution in [0.15, 0.2) is 24.3 Å². The van der Waals surface area contributed by atoms with Crippen molar-refractivity contribution in [1.82, 2.24) is 0 Å². The first-order chi connectivity index (χ1) is 10.2. The third kappa shape index (κ3) is 7.34. The van der Waals surface area contributed by atoms with Crippen LogP contribution < -0.4 is 4.74 Å². The minimum Gasteiger partial charge on any atom is -0.494 e. The molecule has 0 aliphatic carbocycles. The van der Waals surface area contributed by atoms with Gasteiger partial charge in [-0.1, -0.05) is 12.1 Å². The average Bonchev–Trinajstić information content (AvgIpc) is 2.46. The van der Waals surface area contributed by atoms with Crippen LogP contribution in [0.3, 0.4) is 0 Å². The highest BCUT2D eigenvalue weighted by Gasteiger charge is 2.04. The van der Waals surface area contributed by atoms with E-state index >= 15 is 0 Å². The summed E-state index contributed by atoms with van der Waals surface area (Å²) in [6.45, 7) is 4.82. The van der Waals surface area contributed by atoms with Crippen LogP contribution in [0, 0.1) is 0 Å². The van der Waals surface area contributed by atoms with E-state index in [-0.39, 0.29) is 18.4 Å². The molecular weight excluding hydrogens is 272 g/mol. The van der Waals surface area contributed by atoms with Crippen molar-refractivity contribution in [3.05, 3.63) is 29.8 Å². The highest BCUT2D eigenvalue weighted by Crippen LogP contribution is 2.13. The zero-order valence-corrected chi connectivity index (χ0v) is 12.6. The summed E-state index contributed by atoms with van der Waals surface area (Å²) in [5, 5.41) is 0.